The fourth-order valence-corrected chi connectivity index (χ4v) is 4.03. The summed E-state index contributed by atoms with van der Waals surface area (Å²) in [5.74, 6) is 1.78. The van der Waals surface area contributed by atoms with Crippen molar-refractivity contribution in [1.82, 2.24) is 20.5 Å². The third-order valence-corrected chi connectivity index (χ3v) is 5.49. The first kappa shape index (κ1) is 20.2. The topological polar surface area (TPSA) is 112 Å². The third-order valence-electron chi connectivity index (χ3n) is 5.49. The Kier molecular flexibility index (Phi) is 5.87. The lowest BCUT2D eigenvalue weighted by Gasteiger charge is -2.15. The van der Waals surface area contributed by atoms with Crippen LogP contribution < -0.4 is 15.5 Å². The summed E-state index contributed by atoms with van der Waals surface area (Å²) in [5.41, 5.74) is 1.84. The summed E-state index contributed by atoms with van der Waals surface area (Å²) in [4.78, 5) is 29.8. The third kappa shape index (κ3) is 4.72. The predicted octanol–water partition coefficient (Wildman–Crippen LogP) is 3.45. The highest BCUT2D eigenvalue weighted by Crippen LogP contribution is 2.36. The number of H-pyrrole nitrogens is 1. The van der Waals surface area contributed by atoms with E-state index in [1.165, 1.54) is 0 Å². The maximum atomic E-state index is 11.8. The van der Waals surface area contributed by atoms with Crippen molar-refractivity contribution in [2.45, 2.75) is 64.0 Å². The number of hydrogen-bond donors (Lipinski definition) is 3. The molecule has 1 saturated carbocycles. The minimum Gasteiger partial charge on any atom is -0.446 e. The van der Waals surface area contributed by atoms with Crippen molar-refractivity contribution in [3.63, 3.8) is 0 Å². The molecule has 2 aromatic rings. The summed E-state index contributed by atoms with van der Waals surface area (Å²) < 4.78 is 5.50. The van der Waals surface area contributed by atoms with Gasteiger partial charge in [0.2, 0.25) is 5.91 Å². The van der Waals surface area contributed by atoms with Gasteiger partial charge in [0, 0.05) is 36.7 Å². The zero-order valence-corrected chi connectivity index (χ0v) is 17.4. The van der Waals surface area contributed by atoms with Crippen molar-refractivity contribution in [3.05, 3.63) is 30.1 Å². The van der Waals surface area contributed by atoms with Crippen molar-refractivity contribution < 1.29 is 14.3 Å². The fourth-order valence-electron chi connectivity index (χ4n) is 4.03. The first-order chi connectivity index (χ1) is 14.5. The van der Waals surface area contributed by atoms with Gasteiger partial charge in [-0.05, 0) is 51.7 Å². The number of nitrogens with zero attached hydrogens (tertiary/aromatic N) is 3. The number of ether oxygens (including phenoxy) is 1. The lowest BCUT2D eigenvalue weighted by Crippen LogP contribution is -2.33. The molecule has 1 aliphatic heterocycles. The highest BCUT2D eigenvalue weighted by molar-refractivity contribution is 5.95. The van der Waals surface area contributed by atoms with Gasteiger partial charge in [-0.1, -0.05) is 0 Å². The molecule has 9 heteroatoms. The molecule has 2 aromatic heterocycles. The van der Waals surface area contributed by atoms with Crippen LogP contribution in [0.25, 0.3) is 0 Å². The molecule has 160 valence electrons. The Labute approximate surface area is 175 Å². The highest BCUT2D eigenvalue weighted by atomic mass is 16.6. The van der Waals surface area contributed by atoms with Crippen molar-refractivity contribution in [2.75, 3.05) is 16.8 Å². The summed E-state index contributed by atoms with van der Waals surface area (Å²) >= 11 is 0. The van der Waals surface area contributed by atoms with Gasteiger partial charge in [-0.15, -0.1) is 0 Å². The molecule has 0 aromatic carbocycles. The summed E-state index contributed by atoms with van der Waals surface area (Å²) in [6.45, 7) is 4.57. The van der Waals surface area contributed by atoms with Crippen LogP contribution in [0.5, 0.6) is 0 Å². The van der Waals surface area contributed by atoms with Crippen LogP contribution >= 0.6 is 0 Å². The van der Waals surface area contributed by atoms with Crippen molar-refractivity contribution in [1.29, 1.82) is 0 Å². The van der Waals surface area contributed by atoms with Crippen LogP contribution in [0.3, 0.4) is 0 Å². The Morgan fingerprint density at radius 1 is 1.30 bits per heavy atom. The predicted molar refractivity (Wildman–Crippen MR) is 113 cm³/mol. The number of nitrogens with one attached hydrogen (secondary N) is 3. The molecule has 1 saturated heterocycles. The van der Waals surface area contributed by atoms with E-state index in [4.69, 9.17) is 4.74 Å². The molecule has 2 fully saturated rings. The number of alkyl carbamates (subject to hydrolysis) is 1. The van der Waals surface area contributed by atoms with Crippen molar-refractivity contribution in [2.24, 2.45) is 0 Å². The summed E-state index contributed by atoms with van der Waals surface area (Å²) in [5, 5.41) is 13.4. The first-order valence-electron chi connectivity index (χ1n) is 10.5. The van der Waals surface area contributed by atoms with E-state index < -0.39 is 0 Å². The Hall–Kier alpha value is -3.10. The maximum absolute atomic E-state index is 11.8. The molecule has 3 heterocycles. The molecule has 0 radical (unpaired) electrons. The van der Waals surface area contributed by atoms with Crippen LogP contribution in [-0.2, 0) is 9.53 Å². The van der Waals surface area contributed by atoms with E-state index in [-0.39, 0.29) is 30.1 Å². The average molecular weight is 412 g/mol. The number of pyridine rings is 1. The van der Waals surface area contributed by atoms with E-state index in [0.717, 1.165) is 43.6 Å². The Morgan fingerprint density at radius 3 is 2.87 bits per heavy atom. The number of amides is 2. The molecule has 2 atom stereocenters. The lowest BCUT2D eigenvalue weighted by atomic mass is 10.0. The molecule has 0 spiro atoms. The molecular weight excluding hydrogens is 384 g/mol. The molecule has 9 nitrogen and oxygen atoms in total. The smallest absolute Gasteiger partial charge is 0.407 e. The van der Waals surface area contributed by atoms with Gasteiger partial charge < -0.3 is 20.3 Å². The molecule has 2 unspecified atom stereocenters. The van der Waals surface area contributed by atoms with Gasteiger partial charge in [-0.3, -0.25) is 9.89 Å². The number of carbonyl (C=O) groups is 2. The number of carbonyl (C=O) groups excluding carboxylic acids is 2. The molecule has 30 heavy (non-hydrogen) atoms. The Bertz CT molecular complexity index is 894. The SMILES string of the molecule is CC(C)NC(=O)OC1CCC(c2cc(Nc3ccc(N4CCCC4=O)cn3)n[nH]2)C1. The van der Waals surface area contributed by atoms with E-state index >= 15 is 0 Å². The van der Waals surface area contributed by atoms with Crippen molar-refractivity contribution in [3.8, 4) is 0 Å². The molecule has 1 aliphatic carbocycles. The van der Waals surface area contributed by atoms with E-state index in [9.17, 15) is 9.59 Å². The normalized spacial score (nSPS) is 21.3. The zero-order valence-electron chi connectivity index (χ0n) is 17.4. The second-order valence-electron chi connectivity index (χ2n) is 8.22. The monoisotopic (exact) mass is 412 g/mol. The van der Waals surface area contributed by atoms with E-state index in [0.29, 0.717) is 18.1 Å². The first-order valence-corrected chi connectivity index (χ1v) is 10.5. The fraction of sp³-hybridized carbons (Fsp3) is 0.524. The molecular formula is C21H28N6O3. The Balaban J connectivity index is 1.31. The van der Waals surface area contributed by atoms with Gasteiger partial charge in [-0.2, -0.15) is 5.10 Å². The van der Waals surface area contributed by atoms with Crippen LogP contribution in [0.2, 0.25) is 0 Å². The average Bonchev–Trinajstić information content (AvgIpc) is 3.43. The zero-order chi connectivity index (χ0) is 21.1. The summed E-state index contributed by atoms with van der Waals surface area (Å²) in [6.07, 6.45) is 5.35. The molecule has 2 amide bonds. The van der Waals surface area contributed by atoms with Gasteiger partial charge in [-0.25, -0.2) is 9.78 Å². The van der Waals surface area contributed by atoms with Crippen LogP contribution in [-0.4, -0.2) is 45.9 Å². The van der Waals surface area contributed by atoms with Gasteiger partial charge >= 0.3 is 6.09 Å². The summed E-state index contributed by atoms with van der Waals surface area (Å²) in [6, 6.07) is 5.78. The van der Waals surface area contributed by atoms with Crippen molar-refractivity contribution >= 4 is 29.3 Å². The number of rotatable bonds is 6. The van der Waals surface area contributed by atoms with Gasteiger partial charge in [0.1, 0.15) is 11.9 Å². The minimum absolute atomic E-state index is 0.0643. The minimum atomic E-state index is -0.354. The van der Waals surface area contributed by atoms with E-state index in [1.807, 2.05) is 32.0 Å². The highest BCUT2D eigenvalue weighted by Gasteiger charge is 2.30. The molecule has 4 rings (SSSR count). The van der Waals surface area contributed by atoms with Crippen LogP contribution in [0.1, 0.15) is 57.6 Å². The van der Waals surface area contributed by atoms with E-state index in [2.05, 4.69) is 25.8 Å². The second kappa shape index (κ2) is 8.73. The van der Waals surface area contributed by atoms with Gasteiger partial charge in [0.15, 0.2) is 5.82 Å². The Morgan fingerprint density at radius 2 is 2.17 bits per heavy atom. The lowest BCUT2D eigenvalue weighted by molar-refractivity contribution is -0.117. The standard InChI is InChI=1S/C21H28N6O3/c1-13(2)23-21(29)30-16-7-5-14(10-16)17-11-19(26-25-17)24-18-8-6-15(12-22-18)27-9-3-4-20(27)28/h6,8,11-14,16H,3-5,7,9-10H2,1-2H3,(H,23,29)(H2,22,24,25,26). The molecule has 0 bridgehead atoms. The largest absolute Gasteiger partial charge is 0.446 e. The number of anilines is 3. The quantitative estimate of drug-likeness (QED) is 0.670. The van der Waals surface area contributed by atoms with Gasteiger partial charge in [0.05, 0.1) is 11.9 Å². The maximum Gasteiger partial charge on any atom is 0.407 e. The number of aromatic nitrogens is 3. The van der Waals surface area contributed by atoms with Crippen LogP contribution in [0.4, 0.5) is 22.1 Å². The number of aromatic amines is 1. The van der Waals surface area contributed by atoms with Crippen LogP contribution in [0, 0.1) is 0 Å². The number of hydrogen-bond acceptors (Lipinski definition) is 6. The van der Waals surface area contributed by atoms with Gasteiger partial charge in [0.25, 0.3) is 0 Å². The van der Waals surface area contributed by atoms with E-state index in [1.54, 1.807) is 11.1 Å². The second-order valence-corrected chi connectivity index (χ2v) is 8.22. The molecule has 3 N–H and O–H groups in total. The summed E-state index contributed by atoms with van der Waals surface area (Å²) in [7, 11) is 0. The molecule has 2 aliphatic rings. The van der Waals surface area contributed by atoms with Crippen LogP contribution in [0.15, 0.2) is 24.4 Å².